The average molecular weight is 359 g/mol. The summed E-state index contributed by atoms with van der Waals surface area (Å²) in [7, 11) is 3.07. The lowest BCUT2D eigenvalue weighted by Gasteiger charge is -2.19. The van der Waals surface area contributed by atoms with E-state index in [4.69, 9.17) is 9.47 Å². The van der Waals surface area contributed by atoms with Gasteiger partial charge in [0.25, 0.3) is 5.91 Å². The number of likely N-dealkylation sites (N-methyl/N-ethyl adjacent to an activating group) is 1. The first-order chi connectivity index (χ1) is 10.1. The number of hydrogen-bond donors (Lipinski definition) is 1. The van der Waals surface area contributed by atoms with Crippen molar-refractivity contribution >= 4 is 21.8 Å². The highest BCUT2D eigenvalue weighted by Crippen LogP contribution is 2.35. The van der Waals surface area contributed by atoms with Gasteiger partial charge in [0, 0.05) is 13.1 Å². The van der Waals surface area contributed by atoms with Crippen LogP contribution in [-0.4, -0.2) is 51.2 Å². The summed E-state index contributed by atoms with van der Waals surface area (Å²) in [5.74, 6) is 0.780. The molecule has 1 N–H and O–H groups in total. The number of ether oxygens (including phenoxy) is 2. The average Bonchev–Trinajstić information content (AvgIpc) is 2.51. The van der Waals surface area contributed by atoms with Crippen molar-refractivity contribution < 1.29 is 14.3 Å². The normalized spacial score (nSPS) is 10.6. The van der Waals surface area contributed by atoms with Gasteiger partial charge in [-0.2, -0.15) is 0 Å². The summed E-state index contributed by atoms with van der Waals surface area (Å²) in [4.78, 5) is 14.6. The fraction of sp³-hybridized carbons (Fsp3) is 0.533. The molecule has 0 aliphatic heterocycles. The molecule has 0 spiro atoms. The predicted molar refractivity (Wildman–Crippen MR) is 87.4 cm³/mol. The van der Waals surface area contributed by atoms with Crippen LogP contribution in [0.1, 0.15) is 24.2 Å². The van der Waals surface area contributed by atoms with Crippen molar-refractivity contribution in [2.24, 2.45) is 0 Å². The monoisotopic (exact) mass is 358 g/mol. The highest BCUT2D eigenvalue weighted by molar-refractivity contribution is 9.10. The molecule has 1 rings (SSSR count). The first-order valence-electron chi connectivity index (χ1n) is 6.99. The molecule has 0 fully saturated rings. The Balaban J connectivity index is 2.84. The van der Waals surface area contributed by atoms with E-state index in [1.807, 2.05) is 0 Å². The van der Waals surface area contributed by atoms with Gasteiger partial charge in [-0.25, -0.2) is 0 Å². The Hall–Kier alpha value is -1.27. The molecule has 0 aliphatic rings. The van der Waals surface area contributed by atoms with E-state index < -0.39 is 0 Å². The highest BCUT2D eigenvalue weighted by Gasteiger charge is 2.20. The van der Waals surface area contributed by atoms with E-state index in [1.165, 1.54) is 14.2 Å². The molecule has 0 aromatic heterocycles. The molecular formula is C15H23BrN2O3. The molecule has 1 aromatic carbocycles. The van der Waals surface area contributed by atoms with Gasteiger partial charge in [0.1, 0.15) is 17.1 Å². The predicted octanol–water partition coefficient (Wildman–Crippen LogP) is 2.54. The molecule has 0 unspecified atom stereocenters. The zero-order valence-corrected chi connectivity index (χ0v) is 14.6. The smallest absolute Gasteiger partial charge is 0.258 e. The van der Waals surface area contributed by atoms with Gasteiger partial charge >= 0.3 is 0 Å². The van der Waals surface area contributed by atoms with Gasteiger partial charge in [0.2, 0.25) is 0 Å². The van der Waals surface area contributed by atoms with Crippen LogP contribution in [0.2, 0.25) is 0 Å². The van der Waals surface area contributed by atoms with Crippen LogP contribution in [0.15, 0.2) is 16.6 Å². The third-order valence-electron chi connectivity index (χ3n) is 3.33. The van der Waals surface area contributed by atoms with E-state index in [1.54, 1.807) is 12.1 Å². The lowest BCUT2D eigenvalue weighted by molar-refractivity contribution is 0.0942. The fourth-order valence-electron chi connectivity index (χ4n) is 2.08. The third kappa shape index (κ3) is 4.61. The van der Waals surface area contributed by atoms with Crippen LogP contribution in [0.4, 0.5) is 0 Å². The van der Waals surface area contributed by atoms with Crippen LogP contribution < -0.4 is 14.8 Å². The van der Waals surface area contributed by atoms with Crippen molar-refractivity contribution in [3.05, 3.63) is 22.2 Å². The van der Waals surface area contributed by atoms with Crippen molar-refractivity contribution in [3.63, 3.8) is 0 Å². The van der Waals surface area contributed by atoms with Gasteiger partial charge in [-0.15, -0.1) is 0 Å². The topological polar surface area (TPSA) is 50.8 Å². The first kappa shape index (κ1) is 17.8. The van der Waals surface area contributed by atoms with Crippen molar-refractivity contribution in [1.82, 2.24) is 10.2 Å². The molecule has 0 bridgehead atoms. The second kappa shape index (κ2) is 8.89. The zero-order valence-electron chi connectivity index (χ0n) is 13.0. The first-order valence-corrected chi connectivity index (χ1v) is 7.79. The number of hydrogen-bond acceptors (Lipinski definition) is 4. The number of methoxy groups -OCH3 is 2. The van der Waals surface area contributed by atoms with Crippen LogP contribution in [-0.2, 0) is 0 Å². The number of halogens is 1. The molecule has 5 nitrogen and oxygen atoms in total. The Morgan fingerprint density at radius 2 is 1.90 bits per heavy atom. The molecule has 0 saturated heterocycles. The molecule has 6 heteroatoms. The van der Waals surface area contributed by atoms with E-state index in [0.717, 1.165) is 24.1 Å². The van der Waals surface area contributed by atoms with Gasteiger partial charge in [-0.1, -0.05) is 13.8 Å². The zero-order chi connectivity index (χ0) is 15.8. The molecule has 0 atom stereocenters. The van der Waals surface area contributed by atoms with Crippen molar-refractivity contribution in [1.29, 1.82) is 0 Å². The fourth-order valence-corrected chi connectivity index (χ4v) is 2.57. The molecule has 0 saturated carbocycles. The molecular weight excluding hydrogens is 336 g/mol. The van der Waals surface area contributed by atoms with Gasteiger partial charge in [-0.3, -0.25) is 4.79 Å². The summed E-state index contributed by atoms with van der Waals surface area (Å²) in [5.41, 5.74) is 0.411. The molecule has 1 aromatic rings. The standard InChI is InChI=1S/C15H23BrN2O3/c1-5-18(6-2)10-9-17-15(19)13-12(20-3)8-7-11(16)14(13)21-4/h7-8H,5-6,9-10H2,1-4H3,(H,17,19). The number of rotatable bonds is 8. The molecule has 0 heterocycles. The number of carbonyl (C=O) groups excluding carboxylic acids is 1. The Morgan fingerprint density at radius 1 is 1.24 bits per heavy atom. The van der Waals surface area contributed by atoms with Crippen molar-refractivity contribution in [3.8, 4) is 11.5 Å². The number of carbonyl (C=O) groups is 1. The molecule has 0 radical (unpaired) electrons. The Labute approximate surface area is 134 Å². The summed E-state index contributed by atoms with van der Waals surface area (Å²) >= 11 is 3.38. The van der Waals surface area contributed by atoms with E-state index in [2.05, 4.69) is 40.0 Å². The number of nitrogens with zero attached hydrogens (tertiary/aromatic N) is 1. The summed E-state index contributed by atoms with van der Waals surface area (Å²) in [6.07, 6.45) is 0. The molecule has 21 heavy (non-hydrogen) atoms. The van der Waals surface area contributed by atoms with Gasteiger partial charge < -0.3 is 19.7 Å². The van der Waals surface area contributed by atoms with Gasteiger partial charge in [-0.05, 0) is 41.2 Å². The largest absolute Gasteiger partial charge is 0.496 e. The van der Waals surface area contributed by atoms with E-state index in [0.29, 0.717) is 23.6 Å². The lowest BCUT2D eigenvalue weighted by atomic mass is 10.1. The second-order valence-corrected chi connectivity index (χ2v) is 5.30. The summed E-state index contributed by atoms with van der Waals surface area (Å²) < 4.78 is 11.3. The Morgan fingerprint density at radius 3 is 2.43 bits per heavy atom. The maximum absolute atomic E-state index is 12.4. The van der Waals surface area contributed by atoms with Gasteiger partial charge in [0.05, 0.1) is 18.7 Å². The van der Waals surface area contributed by atoms with E-state index >= 15 is 0 Å². The van der Waals surface area contributed by atoms with E-state index in [-0.39, 0.29) is 5.91 Å². The second-order valence-electron chi connectivity index (χ2n) is 4.44. The van der Waals surface area contributed by atoms with Crippen molar-refractivity contribution in [2.75, 3.05) is 40.4 Å². The van der Waals surface area contributed by atoms with Gasteiger partial charge in [0.15, 0.2) is 0 Å². The minimum atomic E-state index is -0.197. The molecule has 0 aliphatic carbocycles. The summed E-state index contributed by atoms with van der Waals surface area (Å²) in [6, 6.07) is 3.54. The number of benzene rings is 1. The SMILES string of the molecule is CCN(CC)CCNC(=O)c1c(OC)ccc(Br)c1OC. The van der Waals surface area contributed by atoms with E-state index in [9.17, 15) is 4.79 Å². The summed E-state index contributed by atoms with van der Waals surface area (Å²) in [5, 5.41) is 2.91. The van der Waals surface area contributed by atoms with Crippen LogP contribution in [0, 0.1) is 0 Å². The maximum atomic E-state index is 12.4. The minimum absolute atomic E-state index is 0.197. The van der Waals surface area contributed by atoms with Crippen LogP contribution in [0.25, 0.3) is 0 Å². The van der Waals surface area contributed by atoms with Crippen LogP contribution >= 0.6 is 15.9 Å². The summed E-state index contributed by atoms with van der Waals surface area (Å²) in [6.45, 7) is 7.54. The highest BCUT2D eigenvalue weighted by atomic mass is 79.9. The lowest BCUT2D eigenvalue weighted by Crippen LogP contribution is -2.35. The number of nitrogens with one attached hydrogen (secondary N) is 1. The molecule has 1 amide bonds. The molecule has 118 valence electrons. The van der Waals surface area contributed by atoms with Crippen LogP contribution in [0.5, 0.6) is 11.5 Å². The Kier molecular flexibility index (Phi) is 7.53. The minimum Gasteiger partial charge on any atom is -0.496 e. The number of amides is 1. The third-order valence-corrected chi connectivity index (χ3v) is 3.95. The maximum Gasteiger partial charge on any atom is 0.258 e. The quantitative estimate of drug-likeness (QED) is 0.775. The van der Waals surface area contributed by atoms with Crippen LogP contribution in [0.3, 0.4) is 0 Å². The van der Waals surface area contributed by atoms with Crippen molar-refractivity contribution in [2.45, 2.75) is 13.8 Å². The Bertz CT molecular complexity index is 476.